The Morgan fingerprint density at radius 2 is 1.74 bits per heavy atom. The predicted octanol–water partition coefficient (Wildman–Crippen LogP) is 4.70. The van der Waals surface area contributed by atoms with Gasteiger partial charge in [-0.2, -0.15) is 4.98 Å². The summed E-state index contributed by atoms with van der Waals surface area (Å²) in [5, 5.41) is 4.20. The van der Waals surface area contributed by atoms with Crippen LogP contribution in [-0.2, 0) is 4.79 Å². The maximum Gasteiger partial charge on any atom is 0.272 e. The van der Waals surface area contributed by atoms with E-state index in [9.17, 15) is 9.59 Å². The Balaban J connectivity index is 1.29. The van der Waals surface area contributed by atoms with Crippen molar-refractivity contribution in [1.82, 2.24) is 19.7 Å². The molecule has 1 saturated carbocycles. The Morgan fingerprint density at radius 1 is 0.971 bits per heavy atom. The van der Waals surface area contributed by atoms with Gasteiger partial charge in [0.25, 0.3) is 5.56 Å². The van der Waals surface area contributed by atoms with Crippen molar-refractivity contribution in [3.8, 4) is 11.4 Å². The second-order valence-corrected chi connectivity index (χ2v) is 9.71. The highest BCUT2D eigenvalue weighted by Gasteiger charge is 2.35. The zero-order chi connectivity index (χ0) is 24.1. The Bertz CT molecular complexity index is 1480. The number of fused-ring (bicyclic) bond motifs is 1. The first kappa shape index (κ1) is 21.7. The summed E-state index contributed by atoms with van der Waals surface area (Å²) in [6.45, 7) is 4.30. The van der Waals surface area contributed by atoms with Crippen LogP contribution in [-0.4, -0.2) is 32.1 Å². The lowest BCUT2D eigenvalue weighted by Crippen LogP contribution is -2.26. The molecule has 2 aliphatic rings. The molecule has 2 aromatic carbocycles. The van der Waals surface area contributed by atoms with E-state index < -0.39 is 0 Å². The van der Waals surface area contributed by atoms with E-state index in [1.165, 1.54) is 0 Å². The van der Waals surface area contributed by atoms with E-state index in [0.717, 1.165) is 53.5 Å². The fraction of sp³-hybridized carbons (Fsp3) is 0.370. The van der Waals surface area contributed by atoms with Crippen LogP contribution in [0.15, 0.2) is 51.8 Å². The molecule has 1 aliphatic heterocycles. The summed E-state index contributed by atoms with van der Waals surface area (Å²) in [5.74, 6) is 0.816. The number of hydrogen-bond donors (Lipinski definition) is 0. The van der Waals surface area contributed by atoms with E-state index in [2.05, 4.69) is 15.1 Å². The molecule has 0 radical (unpaired) electrons. The second-order valence-electron chi connectivity index (χ2n) is 9.71. The standard InChI is InChI=1S/C27H27N5O3/c1-16-7-10-20(11-8-16)31-15-19(14-24(31)33)26-29-25(30-35-26)18-9-12-23-22(13-18)28-17(2)27(34)32(23)21-5-3-4-6-21/h7-13,19,21H,3-6,14-15H2,1-2H3/t19-/m1/s1. The highest BCUT2D eigenvalue weighted by atomic mass is 16.5. The van der Waals surface area contributed by atoms with Crippen molar-refractivity contribution in [3.05, 3.63) is 70.0 Å². The van der Waals surface area contributed by atoms with Crippen LogP contribution in [0, 0.1) is 13.8 Å². The minimum absolute atomic E-state index is 0.0111. The fourth-order valence-electron chi connectivity index (χ4n) is 5.36. The normalized spacial score (nSPS) is 18.7. The van der Waals surface area contributed by atoms with Gasteiger partial charge >= 0.3 is 0 Å². The number of carbonyl (C=O) groups excluding carboxylic acids is 1. The van der Waals surface area contributed by atoms with Gasteiger partial charge in [-0.25, -0.2) is 4.98 Å². The molecule has 4 aromatic rings. The minimum Gasteiger partial charge on any atom is -0.339 e. The van der Waals surface area contributed by atoms with Gasteiger partial charge < -0.3 is 14.0 Å². The van der Waals surface area contributed by atoms with Gasteiger partial charge in [0, 0.05) is 30.3 Å². The zero-order valence-electron chi connectivity index (χ0n) is 19.9. The van der Waals surface area contributed by atoms with Crippen molar-refractivity contribution in [3.63, 3.8) is 0 Å². The highest BCUT2D eigenvalue weighted by Crippen LogP contribution is 2.34. The van der Waals surface area contributed by atoms with E-state index in [0.29, 0.717) is 30.4 Å². The van der Waals surface area contributed by atoms with Crippen molar-refractivity contribution in [2.45, 2.75) is 57.9 Å². The van der Waals surface area contributed by atoms with Gasteiger partial charge in [0.2, 0.25) is 17.6 Å². The third-order valence-electron chi connectivity index (χ3n) is 7.26. The van der Waals surface area contributed by atoms with Crippen LogP contribution < -0.4 is 10.5 Å². The summed E-state index contributed by atoms with van der Waals surface area (Å²) in [6, 6.07) is 13.9. The van der Waals surface area contributed by atoms with Gasteiger partial charge in [-0.1, -0.05) is 35.7 Å². The quantitative estimate of drug-likeness (QED) is 0.430. The topological polar surface area (TPSA) is 94.1 Å². The van der Waals surface area contributed by atoms with Crippen molar-refractivity contribution >= 4 is 22.6 Å². The van der Waals surface area contributed by atoms with Crippen molar-refractivity contribution in [2.24, 2.45) is 0 Å². The lowest BCUT2D eigenvalue weighted by Gasteiger charge is -2.17. The molecule has 0 bridgehead atoms. The molecule has 2 aromatic heterocycles. The Kier molecular flexibility index (Phi) is 5.24. The SMILES string of the molecule is Cc1ccc(N2C[C@H](c3nc(-c4ccc5c(c4)nc(C)c(=O)n5C4CCCC4)no3)CC2=O)cc1. The second kappa shape index (κ2) is 8.45. The van der Waals surface area contributed by atoms with E-state index in [1.54, 1.807) is 11.8 Å². The lowest BCUT2D eigenvalue weighted by atomic mass is 10.1. The highest BCUT2D eigenvalue weighted by molar-refractivity contribution is 5.96. The lowest BCUT2D eigenvalue weighted by molar-refractivity contribution is -0.117. The van der Waals surface area contributed by atoms with E-state index >= 15 is 0 Å². The number of amides is 1. The van der Waals surface area contributed by atoms with Crippen LogP contribution in [0.25, 0.3) is 22.4 Å². The van der Waals surface area contributed by atoms with Gasteiger partial charge in [0.1, 0.15) is 5.69 Å². The van der Waals surface area contributed by atoms with Crippen LogP contribution in [0.3, 0.4) is 0 Å². The Hall–Kier alpha value is -3.81. The number of anilines is 1. The molecule has 8 nitrogen and oxygen atoms in total. The molecular formula is C27H27N5O3. The molecule has 0 N–H and O–H groups in total. The molecule has 0 spiro atoms. The summed E-state index contributed by atoms with van der Waals surface area (Å²) in [4.78, 5) is 36.5. The van der Waals surface area contributed by atoms with Crippen LogP contribution >= 0.6 is 0 Å². The first-order chi connectivity index (χ1) is 17.0. The number of carbonyl (C=O) groups is 1. The monoisotopic (exact) mass is 469 g/mol. The van der Waals surface area contributed by atoms with Gasteiger partial charge in [-0.3, -0.25) is 9.59 Å². The van der Waals surface area contributed by atoms with Gasteiger partial charge in [0.15, 0.2) is 0 Å². The van der Waals surface area contributed by atoms with Crippen molar-refractivity contribution in [1.29, 1.82) is 0 Å². The molecule has 6 rings (SSSR count). The number of rotatable bonds is 4. The van der Waals surface area contributed by atoms with Gasteiger partial charge in [-0.15, -0.1) is 0 Å². The van der Waals surface area contributed by atoms with Gasteiger partial charge in [-0.05, 0) is 57.0 Å². The first-order valence-electron chi connectivity index (χ1n) is 12.2. The molecule has 1 amide bonds. The number of aromatic nitrogens is 4. The summed E-state index contributed by atoms with van der Waals surface area (Å²) < 4.78 is 7.52. The summed E-state index contributed by atoms with van der Waals surface area (Å²) in [7, 11) is 0. The van der Waals surface area contributed by atoms with Crippen LogP contribution in [0.5, 0.6) is 0 Å². The maximum absolute atomic E-state index is 12.9. The van der Waals surface area contributed by atoms with Crippen molar-refractivity contribution in [2.75, 3.05) is 11.4 Å². The molecule has 178 valence electrons. The predicted molar refractivity (Wildman–Crippen MR) is 132 cm³/mol. The Morgan fingerprint density at radius 3 is 2.51 bits per heavy atom. The largest absolute Gasteiger partial charge is 0.339 e. The summed E-state index contributed by atoms with van der Waals surface area (Å²) >= 11 is 0. The maximum atomic E-state index is 12.9. The average molecular weight is 470 g/mol. The third-order valence-corrected chi connectivity index (χ3v) is 7.26. The summed E-state index contributed by atoms with van der Waals surface area (Å²) in [5.41, 5.74) is 4.88. The number of nitrogens with zero attached hydrogens (tertiary/aromatic N) is 5. The fourth-order valence-corrected chi connectivity index (χ4v) is 5.36. The molecule has 0 unspecified atom stereocenters. The van der Waals surface area contributed by atoms with Gasteiger partial charge in [0.05, 0.1) is 17.0 Å². The van der Waals surface area contributed by atoms with E-state index in [4.69, 9.17) is 4.52 Å². The molecule has 1 saturated heterocycles. The van der Waals surface area contributed by atoms with Crippen LogP contribution in [0.4, 0.5) is 5.69 Å². The van der Waals surface area contributed by atoms with E-state index in [1.807, 2.05) is 54.0 Å². The number of benzene rings is 2. The minimum atomic E-state index is -0.154. The molecule has 8 heteroatoms. The molecule has 1 aliphatic carbocycles. The third kappa shape index (κ3) is 3.83. The van der Waals surface area contributed by atoms with E-state index in [-0.39, 0.29) is 23.4 Å². The number of hydrogen-bond acceptors (Lipinski definition) is 6. The summed E-state index contributed by atoms with van der Waals surface area (Å²) in [6.07, 6.45) is 4.67. The average Bonchev–Trinajstić information content (AvgIpc) is 3.61. The molecular weight excluding hydrogens is 442 g/mol. The molecule has 3 heterocycles. The van der Waals surface area contributed by atoms with Crippen LogP contribution in [0.1, 0.15) is 61.2 Å². The van der Waals surface area contributed by atoms with Crippen molar-refractivity contribution < 1.29 is 9.32 Å². The zero-order valence-corrected chi connectivity index (χ0v) is 19.9. The molecule has 2 fully saturated rings. The Labute approximate surface area is 202 Å². The first-order valence-corrected chi connectivity index (χ1v) is 12.2. The molecule has 35 heavy (non-hydrogen) atoms. The van der Waals surface area contributed by atoms with Crippen LogP contribution in [0.2, 0.25) is 0 Å². The smallest absolute Gasteiger partial charge is 0.272 e. The molecule has 1 atom stereocenters. The number of aryl methyl sites for hydroxylation is 2.